The van der Waals surface area contributed by atoms with Gasteiger partial charge in [0, 0.05) is 56.4 Å². The molecule has 0 saturated carbocycles. The molecule has 0 spiro atoms. The topological polar surface area (TPSA) is 57.9 Å². The Morgan fingerprint density at radius 3 is 2.83 bits per heavy atom. The third kappa shape index (κ3) is 3.80. The van der Waals surface area contributed by atoms with Crippen molar-refractivity contribution in [2.24, 2.45) is 0 Å². The van der Waals surface area contributed by atoms with E-state index in [1.54, 1.807) is 28.8 Å². The van der Waals surface area contributed by atoms with Crippen LogP contribution in [0.15, 0.2) is 46.7 Å². The molecule has 1 fully saturated rings. The average molecular weight is 344 g/mol. The summed E-state index contributed by atoms with van der Waals surface area (Å²) in [4.78, 5) is 33.4. The van der Waals surface area contributed by atoms with Gasteiger partial charge in [-0.05, 0) is 6.92 Å². The Hall–Kier alpha value is -2.25. The van der Waals surface area contributed by atoms with Crippen molar-refractivity contribution >= 4 is 22.2 Å². The first kappa shape index (κ1) is 16.6. The average Bonchev–Trinajstić information content (AvgIpc) is 3.05. The summed E-state index contributed by atoms with van der Waals surface area (Å²) in [6.45, 7) is 5.52. The number of amides is 1. The summed E-state index contributed by atoms with van der Waals surface area (Å²) in [6.07, 6.45) is 8.84. The van der Waals surface area contributed by atoms with Gasteiger partial charge in [0.15, 0.2) is 4.96 Å². The second-order valence-corrected chi connectivity index (χ2v) is 6.50. The molecule has 0 bridgehead atoms. The standard InChI is InChI=1S/C17H20N4O2S/c1-2-3-4-5-15(22)20-8-6-19(7-9-20)13-14-12-16(23)21-10-11-24-17(21)18-14/h2-5,10-12H,6-9,13H2,1H3. The van der Waals surface area contributed by atoms with Gasteiger partial charge < -0.3 is 4.90 Å². The first-order chi connectivity index (χ1) is 11.7. The molecule has 24 heavy (non-hydrogen) atoms. The lowest BCUT2D eigenvalue weighted by Gasteiger charge is -2.33. The Labute approximate surface area is 144 Å². The van der Waals surface area contributed by atoms with Gasteiger partial charge in [0.25, 0.3) is 5.56 Å². The van der Waals surface area contributed by atoms with Gasteiger partial charge in [0.05, 0.1) is 5.69 Å². The molecular formula is C17H20N4O2S. The summed E-state index contributed by atoms with van der Waals surface area (Å²) in [5.74, 6) is 0.0455. The quantitative estimate of drug-likeness (QED) is 0.623. The van der Waals surface area contributed by atoms with Crippen molar-refractivity contribution in [2.45, 2.75) is 13.5 Å². The molecule has 2 aromatic heterocycles. The Morgan fingerprint density at radius 1 is 1.29 bits per heavy atom. The highest BCUT2D eigenvalue weighted by Gasteiger charge is 2.20. The van der Waals surface area contributed by atoms with Crippen LogP contribution in [0.25, 0.3) is 4.96 Å². The molecule has 2 aromatic rings. The number of carbonyl (C=O) groups is 1. The first-order valence-electron chi connectivity index (χ1n) is 7.94. The van der Waals surface area contributed by atoms with Crippen molar-refractivity contribution < 1.29 is 4.79 Å². The van der Waals surface area contributed by atoms with Crippen molar-refractivity contribution in [3.63, 3.8) is 0 Å². The van der Waals surface area contributed by atoms with Gasteiger partial charge in [-0.1, -0.05) is 18.2 Å². The van der Waals surface area contributed by atoms with Crippen LogP contribution in [0.5, 0.6) is 0 Å². The maximum Gasteiger partial charge on any atom is 0.258 e. The summed E-state index contributed by atoms with van der Waals surface area (Å²) < 4.78 is 1.56. The van der Waals surface area contributed by atoms with Gasteiger partial charge in [-0.2, -0.15) is 0 Å². The zero-order chi connectivity index (χ0) is 16.9. The smallest absolute Gasteiger partial charge is 0.258 e. The van der Waals surface area contributed by atoms with E-state index in [-0.39, 0.29) is 11.5 Å². The van der Waals surface area contributed by atoms with Crippen LogP contribution in [0.4, 0.5) is 0 Å². The van der Waals surface area contributed by atoms with Crippen molar-refractivity contribution in [1.29, 1.82) is 0 Å². The van der Waals surface area contributed by atoms with Crippen LogP contribution in [0, 0.1) is 0 Å². The molecule has 1 aliphatic heterocycles. The monoisotopic (exact) mass is 344 g/mol. The highest BCUT2D eigenvalue weighted by Crippen LogP contribution is 2.10. The molecule has 0 aromatic carbocycles. The molecule has 0 atom stereocenters. The Balaban J connectivity index is 1.58. The molecule has 1 amide bonds. The number of allylic oxidation sites excluding steroid dienone is 3. The molecule has 0 N–H and O–H groups in total. The summed E-state index contributed by atoms with van der Waals surface area (Å²) >= 11 is 1.46. The van der Waals surface area contributed by atoms with Gasteiger partial charge in [-0.15, -0.1) is 11.3 Å². The molecule has 3 rings (SSSR count). The van der Waals surface area contributed by atoms with Gasteiger partial charge in [-0.25, -0.2) is 4.98 Å². The summed E-state index contributed by atoms with van der Waals surface area (Å²) in [5.41, 5.74) is 0.745. The highest BCUT2D eigenvalue weighted by molar-refractivity contribution is 7.15. The molecule has 0 aliphatic carbocycles. The normalized spacial score (nSPS) is 16.6. The van der Waals surface area contributed by atoms with Crippen LogP contribution in [0.3, 0.4) is 0 Å². The molecule has 3 heterocycles. The Morgan fingerprint density at radius 2 is 2.08 bits per heavy atom. The molecule has 6 nitrogen and oxygen atoms in total. The minimum absolute atomic E-state index is 0.0424. The number of hydrogen-bond acceptors (Lipinski definition) is 5. The fraction of sp³-hybridized carbons (Fsp3) is 0.353. The van der Waals surface area contributed by atoms with Crippen LogP contribution in [0.1, 0.15) is 12.6 Å². The zero-order valence-corrected chi connectivity index (χ0v) is 14.4. The molecular weight excluding hydrogens is 324 g/mol. The van der Waals surface area contributed by atoms with E-state index in [9.17, 15) is 9.59 Å². The van der Waals surface area contributed by atoms with Crippen molar-refractivity contribution in [3.8, 4) is 0 Å². The van der Waals surface area contributed by atoms with E-state index in [1.165, 1.54) is 11.3 Å². The summed E-state index contributed by atoms with van der Waals surface area (Å²) in [5, 5.41) is 1.86. The second-order valence-electron chi connectivity index (χ2n) is 5.63. The number of nitrogens with zero attached hydrogens (tertiary/aromatic N) is 4. The van der Waals surface area contributed by atoms with E-state index in [0.29, 0.717) is 19.6 Å². The highest BCUT2D eigenvalue weighted by atomic mass is 32.1. The van der Waals surface area contributed by atoms with E-state index >= 15 is 0 Å². The number of piperazine rings is 1. The van der Waals surface area contributed by atoms with E-state index < -0.39 is 0 Å². The minimum atomic E-state index is -0.0424. The number of rotatable bonds is 4. The minimum Gasteiger partial charge on any atom is -0.337 e. The van der Waals surface area contributed by atoms with Gasteiger partial charge in [0.1, 0.15) is 0 Å². The maximum atomic E-state index is 12.0. The number of thiazole rings is 1. The molecule has 0 radical (unpaired) electrons. The second kappa shape index (κ2) is 7.55. The number of hydrogen-bond donors (Lipinski definition) is 0. The number of carbonyl (C=O) groups excluding carboxylic acids is 1. The van der Waals surface area contributed by atoms with Gasteiger partial charge >= 0.3 is 0 Å². The molecule has 126 valence electrons. The number of fused-ring (bicyclic) bond motifs is 1. The maximum absolute atomic E-state index is 12.0. The summed E-state index contributed by atoms with van der Waals surface area (Å²) in [7, 11) is 0. The number of aromatic nitrogens is 2. The van der Waals surface area contributed by atoms with E-state index in [2.05, 4.69) is 9.88 Å². The van der Waals surface area contributed by atoms with Crippen LogP contribution < -0.4 is 5.56 Å². The zero-order valence-electron chi connectivity index (χ0n) is 13.6. The van der Waals surface area contributed by atoms with Crippen LogP contribution in [-0.2, 0) is 11.3 Å². The lowest BCUT2D eigenvalue weighted by atomic mass is 10.2. The van der Waals surface area contributed by atoms with Gasteiger partial charge in [0.2, 0.25) is 5.91 Å². The third-order valence-electron chi connectivity index (χ3n) is 3.97. The Bertz CT molecular complexity index is 828. The molecule has 7 heteroatoms. The van der Waals surface area contributed by atoms with Crippen molar-refractivity contribution in [2.75, 3.05) is 26.2 Å². The Kier molecular flexibility index (Phi) is 5.22. The lowest BCUT2D eigenvalue weighted by Crippen LogP contribution is -2.48. The predicted octanol–water partition coefficient (Wildman–Crippen LogP) is 1.53. The van der Waals surface area contributed by atoms with E-state index in [0.717, 1.165) is 23.7 Å². The van der Waals surface area contributed by atoms with E-state index in [4.69, 9.17) is 0 Å². The summed E-state index contributed by atoms with van der Waals surface area (Å²) in [6, 6.07) is 1.59. The lowest BCUT2D eigenvalue weighted by molar-refractivity contribution is -0.127. The van der Waals surface area contributed by atoms with Crippen molar-refractivity contribution in [3.05, 3.63) is 58.0 Å². The fourth-order valence-corrected chi connectivity index (χ4v) is 3.42. The molecule has 1 aliphatic rings. The third-order valence-corrected chi connectivity index (χ3v) is 4.72. The van der Waals surface area contributed by atoms with Crippen LogP contribution in [-0.4, -0.2) is 51.3 Å². The van der Waals surface area contributed by atoms with Crippen LogP contribution in [0.2, 0.25) is 0 Å². The van der Waals surface area contributed by atoms with E-state index in [1.807, 2.05) is 29.4 Å². The van der Waals surface area contributed by atoms with Crippen molar-refractivity contribution in [1.82, 2.24) is 19.2 Å². The largest absolute Gasteiger partial charge is 0.337 e. The SMILES string of the molecule is CC=CC=CC(=O)N1CCN(Cc2cc(=O)n3ccsc3n2)CC1. The van der Waals surface area contributed by atoms with Crippen LogP contribution >= 0.6 is 11.3 Å². The fourth-order valence-electron chi connectivity index (χ4n) is 2.68. The predicted molar refractivity (Wildman–Crippen MR) is 95.2 cm³/mol. The molecule has 1 saturated heterocycles. The van der Waals surface area contributed by atoms with Gasteiger partial charge in [-0.3, -0.25) is 18.9 Å². The molecule has 0 unspecified atom stereocenters. The first-order valence-corrected chi connectivity index (χ1v) is 8.82.